The van der Waals surface area contributed by atoms with Crippen LogP contribution in [-0.4, -0.2) is 0 Å². The van der Waals surface area contributed by atoms with Gasteiger partial charge in [0.05, 0.1) is 0 Å². The first-order valence-electron chi connectivity index (χ1n) is 6.65. The molecule has 0 heterocycles. The zero-order valence-corrected chi connectivity index (χ0v) is 13.2. The molecule has 0 saturated heterocycles. The summed E-state index contributed by atoms with van der Waals surface area (Å²) in [5.41, 5.74) is 7.08. The van der Waals surface area contributed by atoms with Crippen molar-refractivity contribution in [2.45, 2.75) is 58.3 Å². The largest absolute Gasteiger partial charge is 0.220 e. The molecule has 16 heavy (non-hydrogen) atoms. The van der Waals surface area contributed by atoms with Gasteiger partial charge in [-0.15, -0.1) is 5.57 Å². The molecule has 0 aromatic rings. The van der Waals surface area contributed by atoms with Crippen LogP contribution in [-0.2, 0) is 32.7 Å². The molecule has 0 fully saturated rings. The Morgan fingerprint density at radius 3 is 2.31 bits per heavy atom. The molecular formula is C15H21Y-. The summed E-state index contributed by atoms with van der Waals surface area (Å²) in [7, 11) is 0. The minimum Gasteiger partial charge on any atom is -0.220 e. The van der Waals surface area contributed by atoms with Crippen LogP contribution in [0.2, 0.25) is 0 Å². The van der Waals surface area contributed by atoms with E-state index in [2.05, 4.69) is 13.3 Å². The van der Waals surface area contributed by atoms with E-state index in [0.717, 1.165) is 5.92 Å². The predicted octanol–water partition coefficient (Wildman–Crippen LogP) is 4.58. The van der Waals surface area contributed by atoms with Crippen LogP contribution in [0.15, 0.2) is 22.3 Å². The maximum atomic E-state index is 2.57. The maximum absolute atomic E-state index is 2.57. The molecule has 3 aliphatic rings. The number of allylic oxidation sites excluding steroid dienone is 4. The molecule has 85 valence electrons. The van der Waals surface area contributed by atoms with Gasteiger partial charge >= 0.3 is 0 Å². The zero-order chi connectivity index (χ0) is 10.3. The first-order valence-corrected chi connectivity index (χ1v) is 6.65. The predicted molar refractivity (Wildman–Crippen MR) is 64.5 cm³/mol. The van der Waals surface area contributed by atoms with Gasteiger partial charge in [0.2, 0.25) is 0 Å². The average Bonchev–Trinajstić information content (AvgIpc) is 2.30. The van der Waals surface area contributed by atoms with E-state index in [1.165, 1.54) is 51.4 Å². The van der Waals surface area contributed by atoms with Gasteiger partial charge < -0.3 is 0 Å². The molecule has 1 radical (unpaired) electrons. The average molecular weight is 290 g/mol. The SMILES string of the molecule is CC1[CH-]C2=C(CCCC2)C2=C1CCCC2.[Y]. The van der Waals surface area contributed by atoms with E-state index in [9.17, 15) is 0 Å². The standard InChI is InChI=1S/C15H21.Y/c1-11-10-12-6-2-3-8-14(12)15-9-5-4-7-13(11)15;/h10-11H,2-9H2,1H3;/q-1;. The Morgan fingerprint density at radius 2 is 1.50 bits per heavy atom. The van der Waals surface area contributed by atoms with E-state index < -0.39 is 0 Å². The first-order chi connectivity index (χ1) is 7.36. The van der Waals surface area contributed by atoms with Crippen LogP contribution in [0, 0.1) is 12.3 Å². The van der Waals surface area contributed by atoms with Gasteiger partial charge in [-0.05, 0) is 19.3 Å². The summed E-state index contributed by atoms with van der Waals surface area (Å²) >= 11 is 0. The monoisotopic (exact) mass is 290 g/mol. The van der Waals surface area contributed by atoms with Crippen LogP contribution in [0.3, 0.4) is 0 Å². The van der Waals surface area contributed by atoms with Crippen molar-refractivity contribution in [2.75, 3.05) is 0 Å². The topological polar surface area (TPSA) is 0 Å². The maximum Gasteiger partial charge on any atom is 0 e. The summed E-state index contributed by atoms with van der Waals surface area (Å²) in [5.74, 6) is 0.747. The van der Waals surface area contributed by atoms with Crippen LogP contribution >= 0.6 is 0 Å². The molecule has 0 aromatic heterocycles. The van der Waals surface area contributed by atoms with E-state index in [1.807, 2.05) is 0 Å². The van der Waals surface area contributed by atoms with Gasteiger partial charge in [0.25, 0.3) is 0 Å². The van der Waals surface area contributed by atoms with E-state index in [1.54, 1.807) is 22.3 Å². The van der Waals surface area contributed by atoms with Gasteiger partial charge in [-0.1, -0.05) is 50.5 Å². The quantitative estimate of drug-likeness (QED) is 0.573. The van der Waals surface area contributed by atoms with E-state index in [0.29, 0.717) is 0 Å². The molecule has 0 N–H and O–H groups in total. The molecule has 3 aliphatic carbocycles. The Morgan fingerprint density at radius 1 is 0.875 bits per heavy atom. The van der Waals surface area contributed by atoms with Gasteiger partial charge in [-0.2, -0.15) is 5.57 Å². The summed E-state index contributed by atoms with van der Waals surface area (Å²) in [6.07, 6.45) is 13.8. The fraction of sp³-hybridized carbons (Fsp3) is 0.667. The Bertz CT molecular complexity index is 335. The zero-order valence-electron chi connectivity index (χ0n) is 10.4. The van der Waals surface area contributed by atoms with E-state index in [-0.39, 0.29) is 32.7 Å². The smallest absolute Gasteiger partial charge is 0 e. The molecule has 0 bridgehead atoms. The summed E-state index contributed by atoms with van der Waals surface area (Å²) in [6, 6.07) is 0. The molecule has 0 nitrogen and oxygen atoms in total. The van der Waals surface area contributed by atoms with Crippen molar-refractivity contribution in [3.05, 3.63) is 28.7 Å². The third-order valence-electron chi connectivity index (χ3n) is 4.39. The van der Waals surface area contributed by atoms with Gasteiger partial charge in [0, 0.05) is 32.7 Å². The van der Waals surface area contributed by atoms with E-state index in [4.69, 9.17) is 0 Å². The van der Waals surface area contributed by atoms with Crippen LogP contribution < -0.4 is 0 Å². The molecule has 1 atom stereocenters. The van der Waals surface area contributed by atoms with Crippen molar-refractivity contribution in [3.8, 4) is 0 Å². The number of hydrogen-bond donors (Lipinski definition) is 0. The van der Waals surface area contributed by atoms with Gasteiger partial charge in [0.1, 0.15) is 0 Å². The number of rotatable bonds is 0. The third-order valence-corrected chi connectivity index (χ3v) is 4.39. The van der Waals surface area contributed by atoms with Crippen molar-refractivity contribution >= 4 is 0 Å². The molecule has 1 unspecified atom stereocenters. The van der Waals surface area contributed by atoms with Crippen molar-refractivity contribution < 1.29 is 32.7 Å². The fourth-order valence-electron chi connectivity index (χ4n) is 3.64. The van der Waals surface area contributed by atoms with Crippen molar-refractivity contribution in [3.63, 3.8) is 0 Å². The Hall–Kier alpha value is 0.454. The van der Waals surface area contributed by atoms with Crippen molar-refractivity contribution in [1.29, 1.82) is 0 Å². The fourth-order valence-corrected chi connectivity index (χ4v) is 3.64. The summed E-state index contributed by atoms with van der Waals surface area (Å²) < 4.78 is 0. The number of fused-ring (bicyclic) bond motifs is 1. The molecule has 0 aromatic carbocycles. The summed E-state index contributed by atoms with van der Waals surface area (Å²) in [5, 5.41) is 0. The van der Waals surface area contributed by atoms with Crippen LogP contribution in [0.1, 0.15) is 58.3 Å². The Balaban J connectivity index is 0.000000963. The van der Waals surface area contributed by atoms with Gasteiger partial charge in [0.15, 0.2) is 0 Å². The molecule has 0 saturated carbocycles. The molecule has 0 aliphatic heterocycles. The first kappa shape index (κ1) is 12.9. The van der Waals surface area contributed by atoms with Crippen LogP contribution in [0.25, 0.3) is 0 Å². The minimum absolute atomic E-state index is 0. The van der Waals surface area contributed by atoms with Crippen molar-refractivity contribution in [1.82, 2.24) is 0 Å². The van der Waals surface area contributed by atoms with Gasteiger partial charge in [-0.25, -0.2) is 12.0 Å². The summed E-state index contributed by atoms with van der Waals surface area (Å²) in [6.45, 7) is 2.40. The minimum atomic E-state index is 0. The van der Waals surface area contributed by atoms with Crippen LogP contribution in [0.4, 0.5) is 0 Å². The Labute approximate surface area is 125 Å². The molecular weight excluding hydrogens is 269 g/mol. The van der Waals surface area contributed by atoms with E-state index >= 15 is 0 Å². The molecule has 3 rings (SSSR count). The van der Waals surface area contributed by atoms with Crippen molar-refractivity contribution in [2.24, 2.45) is 5.92 Å². The second-order valence-corrected chi connectivity index (χ2v) is 5.38. The summed E-state index contributed by atoms with van der Waals surface area (Å²) in [4.78, 5) is 0. The second kappa shape index (κ2) is 5.40. The molecule has 1 heteroatoms. The molecule has 0 spiro atoms. The second-order valence-electron chi connectivity index (χ2n) is 5.38. The number of hydrogen-bond acceptors (Lipinski definition) is 0. The van der Waals surface area contributed by atoms with Gasteiger partial charge in [-0.3, -0.25) is 0 Å². The third kappa shape index (κ3) is 2.20. The van der Waals surface area contributed by atoms with Crippen LogP contribution in [0.5, 0.6) is 0 Å². The normalized spacial score (nSPS) is 28.9. The Kier molecular flexibility index (Phi) is 4.35. The molecule has 0 amide bonds.